The van der Waals surface area contributed by atoms with Gasteiger partial charge in [-0.1, -0.05) is 26.7 Å². The first kappa shape index (κ1) is 11.0. The van der Waals surface area contributed by atoms with Gasteiger partial charge < -0.3 is 5.32 Å². The number of fused-ring (bicyclic) bond motifs is 1. The van der Waals surface area contributed by atoms with Gasteiger partial charge in [0.25, 0.3) is 0 Å². The highest BCUT2D eigenvalue weighted by molar-refractivity contribution is 4.98. The SMILES string of the molecule is CC1(C)CCCCC1N1CC2CNCC2C1. The molecular formula is C14H26N2. The molecule has 3 atom stereocenters. The maximum atomic E-state index is 3.54. The highest BCUT2D eigenvalue weighted by atomic mass is 15.2. The minimum atomic E-state index is 0.560. The Kier molecular flexibility index (Phi) is 2.75. The van der Waals surface area contributed by atoms with E-state index < -0.39 is 0 Å². The van der Waals surface area contributed by atoms with Crippen molar-refractivity contribution in [1.29, 1.82) is 0 Å². The van der Waals surface area contributed by atoms with Gasteiger partial charge in [-0.15, -0.1) is 0 Å². The van der Waals surface area contributed by atoms with Gasteiger partial charge in [-0.2, -0.15) is 0 Å². The Labute approximate surface area is 99.8 Å². The fourth-order valence-electron chi connectivity index (χ4n) is 4.30. The third kappa shape index (κ3) is 1.80. The molecule has 2 heterocycles. The van der Waals surface area contributed by atoms with Crippen LogP contribution in [0.15, 0.2) is 0 Å². The molecule has 0 bridgehead atoms. The molecule has 92 valence electrons. The van der Waals surface area contributed by atoms with Crippen molar-refractivity contribution in [3.8, 4) is 0 Å². The fraction of sp³-hybridized carbons (Fsp3) is 1.00. The lowest BCUT2D eigenvalue weighted by atomic mass is 9.72. The normalized spacial score (nSPS) is 43.5. The largest absolute Gasteiger partial charge is 0.316 e. The molecule has 2 saturated heterocycles. The second-order valence-corrected chi connectivity index (χ2v) is 6.88. The average molecular weight is 222 g/mol. The van der Waals surface area contributed by atoms with E-state index in [-0.39, 0.29) is 0 Å². The fourth-order valence-corrected chi connectivity index (χ4v) is 4.30. The van der Waals surface area contributed by atoms with Crippen LogP contribution in [-0.4, -0.2) is 37.1 Å². The highest BCUT2D eigenvalue weighted by Crippen LogP contribution is 2.41. The molecule has 0 amide bonds. The Balaban J connectivity index is 1.69. The van der Waals surface area contributed by atoms with E-state index in [0.717, 1.165) is 17.9 Å². The third-order valence-corrected chi connectivity index (χ3v) is 5.31. The smallest absolute Gasteiger partial charge is 0.0147 e. The number of nitrogens with zero attached hydrogens (tertiary/aromatic N) is 1. The molecule has 1 aliphatic carbocycles. The predicted octanol–water partition coefficient (Wildman–Crippen LogP) is 2.11. The molecule has 1 N–H and O–H groups in total. The van der Waals surface area contributed by atoms with Crippen LogP contribution in [0.2, 0.25) is 0 Å². The van der Waals surface area contributed by atoms with E-state index in [9.17, 15) is 0 Å². The molecule has 3 unspecified atom stereocenters. The van der Waals surface area contributed by atoms with Crippen LogP contribution < -0.4 is 5.32 Å². The van der Waals surface area contributed by atoms with Gasteiger partial charge in [-0.3, -0.25) is 4.90 Å². The van der Waals surface area contributed by atoms with Gasteiger partial charge in [-0.05, 0) is 43.2 Å². The predicted molar refractivity (Wildman–Crippen MR) is 67.5 cm³/mol. The van der Waals surface area contributed by atoms with E-state index in [2.05, 4.69) is 24.1 Å². The minimum Gasteiger partial charge on any atom is -0.316 e. The van der Waals surface area contributed by atoms with Gasteiger partial charge >= 0.3 is 0 Å². The summed E-state index contributed by atoms with van der Waals surface area (Å²) in [5, 5.41) is 3.54. The van der Waals surface area contributed by atoms with Crippen molar-refractivity contribution in [1.82, 2.24) is 10.2 Å². The number of hydrogen-bond acceptors (Lipinski definition) is 2. The van der Waals surface area contributed by atoms with Crippen LogP contribution >= 0.6 is 0 Å². The van der Waals surface area contributed by atoms with Crippen LogP contribution in [0.1, 0.15) is 39.5 Å². The van der Waals surface area contributed by atoms with E-state index in [1.54, 1.807) is 0 Å². The zero-order valence-corrected chi connectivity index (χ0v) is 10.8. The molecule has 0 aromatic heterocycles. The second kappa shape index (κ2) is 3.99. The lowest BCUT2D eigenvalue weighted by molar-refractivity contribution is 0.0611. The van der Waals surface area contributed by atoms with Gasteiger partial charge in [0.1, 0.15) is 0 Å². The van der Waals surface area contributed by atoms with Crippen molar-refractivity contribution in [3.63, 3.8) is 0 Å². The lowest BCUT2D eigenvalue weighted by Gasteiger charge is -2.44. The summed E-state index contributed by atoms with van der Waals surface area (Å²) in [4.78, 5) is 2.83. The standard InChI is InChI=1S/C14H26N2/c1-14(2)6-4-3-5-13(14)16-9-11-7-15-8-12(11)10-16/h11-13,15H,3-10H2,1-2H3. The molecule has 3 aliphatic rings. The molecule has 1 saturated carbocycles. The van der Waals surface area contributed by atoms with Crippen LogP contribution in [0.25, 0.3) is 0 Å². The summed E-state index contributed by atoms with van der Waals surface area (Å²) in [6.45, 7) is 10.3. The monoisotopic (exact) mass is 222 g/mol. The average Bonchev–Trinajstić information content (AvgIpc) is 2.76. The van der Waals surface area contributed by atoms with Gasteiger partial charge in [-0.25, -0.2) is 0 Å². The third-order valence-electron chi connectivity index (χ3n) is 5.31. The molecule has 0 radical (unpaired) electrons. The molecule has 3 fully saturated rings. The summed E-state index contributed by atoms with van der Waals surface area (Å²) in [6, 6.07) is 0.867. The Hall–Kier alpha value is -0.0800. The zero-order valence-electron chi connectivity index (χ0n) is 10.8. The van der Waals surface area contributed by atoms with Gasteiger partial charge in [0, 0.05) is 19.1 Å². The number of rotatable bonds is 1. The Morgan fingerprint density at radius 3 is 2.38 bits per heavy atom. The van der Waals surface area contributed by atoms with Crippen LogP contribution in [0.5, 0.6) is 0 Å². The van der Waals surface area contributed by atoms with Crippen LogP contribution in [0.4, 0.5) is 0 Å². The van der Waals surface area contributed by atoms with Gasteiger partial charge in [0.05, 0.1) is 0 Å². The van der Waals surface area contributed by atoms with E-state index in [4.69, 9.17) is 0 Å². The van der Waals surface area contributed by atoms with Crippen LogP contribution in [-0.2, 0) is 0 Å². The zero-order chi connectivity index (χ0) is 11.2. The second-order valence-electron chi connectivity index (χ2n) is 6.88. The van der Waals surface area contributed by atoms with Crippen molar-refractivity contribution >= 4 is 0 Å². The molecule has 2 heteroatoms. The quantitative estimate of drug-likeness (QED) is 0.731. The first-order chi connectivity index (χ1) is 7.67. The van der Waals surface area contributed by atoms with Crippen LogP contribution in [0, 0.1) is 17.3 Å². The first-order valence-electron chi connectivity index (χ1n) is 7.11. The van der Waals surface area contributed by atoms with Crippen LogP contribution in [0.3, 0.4) is 0 Å². The summed E-state index contributed by atoms with van der Waals surface area (Å²) in [5.74, 6) is 1.91. The highest BCUT2D eigenvalue weighted by Gasteiger charge is 2.43. The summed E-state index contributed by atoms with van der Waals surface area (Å²) < 4.78 is 0. The Morgan fingerprint density at radius 2 is 1.75 bits per heavy atom. The van der Waals surface area contributed by atoms with E-state index >= 15 is 0 Å². The lowest BCUT2D eigenvalue weighted by Crippen LogP contribution is -2.47. The summed E-state index contributed by atoms with van der Waals surface area (Å²) in [7, 11) is 0. The molecule has 2 aliphatic heterocycles. The van der Waals surface area contributed by atoms with Crippen molar-refractivity contribution in [2.45, 2.75) is 45.6 Å². The summed E-state index contributed by atoms with van der Waals surface area (Å²) >= 11 is 0. The number of nitrogens with one attached hydrogen (secondary N) is 1. The van der Waals surface area contributed by atoms with Crippen molar-refractivity contribution < 1.29 is 0 Å². The summed E-state index contributed by atoms with van der Waals surface area (Å²) in [5.41, 5.74) is 0.560. The topological polar surface area (TPSA) is 15.3 Å². The minimum absolute atomic E-state index is 0.560. The maximum absolute atomic E-state index is 3.54. The first-order valence-corrected chi connectivity index (χ1v) is 7.11. The van der Waals surface area contributed by atoms with E-state index in [1.165, 1.54) is 51.9 Å². The molecule has 2 nitrogen and oxygen atoms in total. The number of hydrogen-bond donors (Lipinski definition) is 1. The van der Waals surface area contributed by atoms with Gasteiger partial charge in [0.2, 0.25) is 0 Å². The molecular weight excluding hydrogens is 196 g/mol. The summed E-state index contributed by atoms with van der Waals surface area (Å²) in [6.07, 6.45) is 5.78. The van der Waals surface area contributed by atoms with E-state index in [0.29, 0.717) is 5.41 Å². The molecule has 16 heavy (non-hydrogen) atoms. The molecule has 3 rings (SSSR count). The van der Waals surface area contributed by atoms with Crippen molar-refractivity contribution in [2.24, 2.45) is 17.3 Å². The van der Waals surface area contributed by atoms with Crippen molar-refractivity contribution in [3.05, 3.63) is 0 Å². The van der Waals surface area contributed by atoms with Gasteiger partial charge in [0.15, 0.2) is 0 Å². The molecule has 0 aromatic rings. The number of likely N-dealkylation sites (tertiary alicyclic amines) is 1. The van der Waals surface area contributed by atoms with E-state index in [1.807, 2.05) is 0 Å². The Bertz CT molecular complexity index is 249. The Morgan fingerprint density at radius 1 is 1.06 bits per heavy atom. The maximum Gasteiger partial charge on any atom is 0.0147 e. The van der Waals surface area contributed by atoms with Crippen molar-refractivity contribution in [2.75, 3.05) is 26.2 Å². The molecule has 0 aromatic carbocycles. The molecule has 0 spiro atoms.